The third kappa shape index (κ3) is 7.94. The van der Waals surface area contributed by atoms with Crippen LogP contribution in [0.1, 0.15) is 58.2 Å². The third-order valence-corrected chi connectivity index (χ3v) is 7.23. The highest BCUT2D eigenvalue weighted by molar-refractivity contribution is 5.86. The zero-order valence-corrected chi connectivity index (χ0v) is 24.4. The largest absolute Gasteiger partial charge is 0.397 e. The van der Waals surface area contributed by atoms with Crippen LogP contribution in [0.15, 0.2) is 93.8 Å². The van der Waals surface area contributed by atoms with E-state index in [2.05, 4.69) is 80.8 Å². The molecule has 0 radical (unpaired) electrons. The van der Waals surface area contributed by atoms with Gasteiger partial charge in [-0.05, 0) is 101 Å². The van der Waals surface area contributed by atoms with Crippen LogP contribution in [-0.4, -0.2) is 19.1 Å². The van der Waals surface area contributed by atoms with E-state index in [0.29, 0.717) is 34.4 Å². The van der Waals surface area contributed by atoms with Crippen molar-refractivity contribution < 1.29 is 0 Å². The summed E-state index contributed by atoms with van der Waals surface area (Å²) >= 11 is 0. The predicted octanol–water partition coefficient (Wildman–Crippen LogP) is 9.09. The number of nitrogens with two attached hydrogens (primary N) is 3. The monoisotopic (exact) mass is 560 g/mol. The first kappa shape index (κ1) is 31.8. The quantitative estimate of drug-likeness (QED) is 0.133. The first-order valence-electron chi connectivity index (χ1n) is 13.9. The van der Waals surface area contributed by atoms with Crippen molar-refractivity contribution in [2.45, 2.75) is 53.4 Å². The normalized spacial score (nSPS) is 11.7. The van der Waals surface area contributed by atoms with Crippen LogP contribution in [0.3, 0.4) is 0 Å². The van der Waals surface area contributed by atoms with Gasteiger partial charge in [0.15, 0.2) is 0 Å². The lowest BCUT2D eigenvalue weighted by Crippen LogP contribution is -2.18. The highest BCUT2D eigenvalue weighted by atomic mass is 14.8. The van der Waals surface area contributed by atoms with Gasteiger partial charge in [0.25, 0.3) is 0 Å². The van der Waals surface area contributed by atoms with E-state index in [1.165, 1.54) is 11.1 Å². The molecule has 0 aromatic heterocycles. The maximum absolute atomic E-state index is 6.28. The van der Waals surface area contributed by atoms with Gasteiger partial charge in [0.05, 0.1) is 34.1 Å². The van der Waals surface area contributed by atoms with E-state index in [9.17, 15) is 0 Å². The minimum absolute atomic E-state index is 0. The number of nitrogens with zero attached hydrogens (tertiary/aromatic N) is 3. The molecule has 218 valence electrons. The molecule has 4 aromatic carbocycles. The molecule has 0 aliphatic heterocycles. The highest BCUT2D eigenvalue weighted by Gasteiger charge is 2.21. The molecule has 0 saturated carbocycles. The standard InChI is InChI=1S/C35H40N6.CH4/c1-23(2)21-40-33-18-24(9-12-29(33)36)15-16-35(3,4)28-8-6-7-25(17-28)22-41-34-20-27(10-13-30(34)37)26-11-14-32(39-5)31(38)19-26;/h6-14,17-23H,5,15-16,36-38H2,1-4H3;1H4. The summed E-state index contributed by atoms with van der Waals surface area (Å²) in [6.45, 7) is 12.3. The topological polar surface area (TPSA) is 115 Å². The van der Waals surface area contributed by atoms with E-state index in [1.54, 1.807) is 0 Å². The molecule has 0 atom stereocenters. The lowest BCUT2D eigenvalue weighted by Gasteiger charge is -2.26. The molecule has 0 heterocycles. The summed E-state index contributed by atoms with van der Waals surface area (Å²) in [4.78, 5) is 13.3. The highest BCUT2D eigenvalue weighted by Crippen LogP contribution is 2.34. The van der Waals surface area contributed by atoms with Gasteiger partial charge in [-0.1, -0.05) is 71.5 Å². The Hall–Kier alpha value is -4.71. The summed E-state index contributed by atoms with van der Waals surface area (Å²) in [7, 11) is 0. The molecule has 6 nitrogen and oxygen atoms in total. The molecule has 6 heteroatoms. The van der Waals surface area contributed by atoms with Gasteiger partial charge in [-0.2, -0.15) is 0 Å². The first-order valence-corrected chi connectivity index (χ1v) is 13.9. The Morgan fingerprint density at radius 2 is 1.43 bits per heavy atom. The number of hydrogen-bond acceptors (Lipinski definition) is 6. The molecule has 0 unspecified atom stereocenters. The smallest absolute Gasteiger partial charge is 0.0865 e. The molecule has 42 heavy (non-hydrogen) atoms. The number of nitrogen functional groups attached to an aromatic ring is 3. The first-order chi connectivity index (χ1) is 19.6. The molecule has 0 aliphatic rings. The number of benzene rings is 4. The molecular formula is C36H44N6. The molecule has 0 aliphatic carbocycles. The number of aliphatic imine (C=N–C) groups is 3. The van der Waals surface area contributed by atoms with Gasteiger partial charge in [-0.15, -0.1) is 0 Å². The molecule has 0 amide bonds. The van der Waals surface area contributed by atoms with Crippen LogP contribution >= 0.6 is 0 Å². The molecule has 4 aromatic rings. The lowest BCUT2D eigenvalue weighted by molar-refractivity contribution is 0.480. The fraction of sp³-hybridized carbons (Fsp3) is 0.250. The molecule has 6 N–H and O–H groups in total. The van der Waals surface area contributed by atoms with Crippen LogP contribution in [0.5, 0.6) is 0 Å². The van der Waals surface area contributed by atoms with Crippen molar-refractivity contribution in [2.24, 2.45) is 20.9 Å². The Kier molecular flexibility index (Phi) is 10.4. The summed E-state index contributed by atoms with van der Waals surface area (Å²) in [6.07, 6.45) is 5.70. The van der Waals surface area contributed by atoms with Gasteiger partial charge in [0.2, 0.25) is 0 Å². The number of anilines is 3. The second-order valence-corrected chi connectivity index (χ2v) is 11.4. The molecule has 0 saturated heterocycles. The Balaban J connectivity index is 0.00000484. The van der Waals surface area contributed by atoms with Crippen molar-refractivity contribution in [3.63, 3.8) is 0 Å². The predicted molar refractivity (Wildman–Crippen MR) is 186 cm³/mol. The van der Waals surface area contributed by atoms with Crippen LogP contribution in [0.2, 0.25) is 0 Å². The average molecular weight is 561 g/mol. The molecule has 4 rings (SSSR count). The summed E-state index contributed by atoms with van der Waals surface area (Å²) in [5, 5.41) is 0. The van der Waals surface area contributed by atoms with E-state index in [4.69, 9.17) is 22.2 Å². The fourth-order valence-corrected chi connectivity index (χ4v) is 4.58. The van der Waals surface area contributed by atoms with E-state index >= 15 is 0 Å². The van der Waals surface area contributed by atoms with Gasteiger partial charge < -0.3 is 17.2 Å². The van der Waals surface area contributed by atoms with Crippen LogP contribution in [-0.2, 0) is 11.8 Å². The van der Waals surface area contributed by atoms with Crippen LogP contribution in [0.25, 0.3) is 11.1 Å². The Labute approximate surface area is 251 Å². The zero-order chi connectivity index (χ0) is 29.6. The van der Waals surface area contributed by atoms with E-state index in [1.807, 2.05) is 54.9 Å². The Bertz CT molecular complexity index is 1600. The second-order valence-electron chi connectivity index (χ2n) is 11.4. The van der Waals surface area contributed by atoms with Gasteiger partial charge in [-0.3, -0.25) is 15.0 Å². The molecule has 0 fully saturated rings. The van der Waals surface area contributed by atoms with Crippen molar-refractivity contribution in [3.05, 3.63) is 95.6 Å². The Morgan fingerprint density at radius 1 is 0.762 bits per heavy atom. The minimum atomic E-state index is -0.0437. The van der Waals surface area contributed by atoms with Crippen molar-refractivity contribution in [3.8, 4) is 11.1 Å². The van der Waals surface area contributed by atoms with Gasteiger partial charge in [0.1, 0.15) is 0 Å². The van der Waals surface area contributed by atoms with Crippen LogP contribution < -0.4 is 17.2 Å². The summed E-state index contributed by atoms with van der Waals surface area (Å²) < 4.78 is 0. The molecular weight excluding hydrogens is 516 g/mol. The van der Waals surface area contributed by atoms with Crippen molar-refractivity contribution in [2.75, 3.05) is 17.2 Å². The lowest BCUT2D eigenvalue weighted by atomic mass is 9.79. The van der Waals surface area contributed by atoms with Gasteiger partial charge >= 0.3 is 0 Å². The Morgan fingerprint density at radius 3 is 2.12 bits per heavy atom. The summed E-state index contributed by atoms with van der Waals surface area (Å²) in [5.41, 5.74) is 28.0. The number of hydrogen-bond donors (Lipinski definition) is 3. The summed E-state index contributed by atoms with van der Waals surface area (Å²) in [6, 6.07) is 26.2. The molecule has 0 spiro atoms. The maximum atomic E-state index is 6.28. The second kappa shape index (κ2) is 13.8. The van der Waals surface area contributed by atoms with Crippen LogP contribution in [0.4, 0.5) is 34.1 Å². The maximum Gasteiger partial charge on any atom is 0.0865 e. The average Bonchev–Trinajstić information content (AvgIpc) is 2.95. The van der Waals surface area contributed by atoms with E-state index in [0.717, 1.165) is 35.2 Å². The van der Waals surface area contributed by atoms with Gasteiger partial charge in [-0.25, -0.2) is 0 Å². The van der Waals surface area contributed by atoms with Crippen molar-refractivity contribution >= 4 is 53.3 Å². The van der Waals surface area contributed by atoms with Crippen LogP contribution in [0, 0.1) is 5.92 Å². The van der Waals surface area contributed by atoms with E-state index < -0.39 is 0 Å². The van der Waals surface area contributed by atoms with Gasteiger partial charge in [0, 0.05) is 12.4 Å². The fourth-order valence-electron chi connectivity index (χ4n) is 4.58. The third-order valence-electron chi connectivity index (χ3n) is 7.23. The van der Waals surface area contributed by atoms with E-state index in [-0.39, 0.29) is 12.8 Å². The SMILES string of the molecule is C.C=Nc1ccc(-c2ccc(N)c(N=Cc3cccc(C(C)(C)CCc4ccc(N)c(N=CC(C)C)c4)c3)c2)cc1N. The van der Waals surface area contributed by atoms with Crippen molar-refractivity contribution in [1.29, 1.82) is 0 Å². The molecule has 0 bridgehead atoms. The zero-order valence-electron chi connectivity index (χ0n) is 24.4. The number of rotatable bonds is 10. The number of aryl methyl sites for hydroxylation is 1. The van der Waals surface area contributed by atoms with Crippen molar-refractivity contribution in [1.82, 2.24) is 0 Å². The minimum Gasteiger partial charge on any atom is -0.397 e. The summed E-state index contributed by atoms with van der Waals surface area (Å²) in [5.74, 6) is 0.375.